The molecule has 7 heteroatoms. The van der Waals surface area contributed by atoms with Gasteiger partial charge >= 0.3 is 18.0 Å². The summed E-state index contributed by atoms with van der Waals surface area (Å²) >= 11 is 0. The summed E-state index contributed by atoms with van der Waals surface area (Å²) in [6.45, 7) is 3.00. The van der Waals surface area contributed by atoms with E-state index in [1.807, 2.05) is 0 Å². The molecule has 0 radical (unpaired) electrons. The van der Waals surface area contributed by atoms with Crippen LogP contribution in [0.5, 0.6) is 0 Å². The zero-order chi connectivity index (χ0) is 15.1. The molecule has 1 rings (SSSR count). The fourth-order valence-electron chi connectivity index (χ4n) is 2.28. The Bertz CT molecular complexity index is 364. The van der Waals surface area contributed by atoms with E-state index >= 15 is 0 Å². The van der Waals surface area contributed by atoms with E-state index in [9.17, 15) is 14.4 Å². The number of rotatable bonds is 5. The number of amides is 2. The second-order valence-electron chi connectivity index (χ2n) is 4.97. The van der Waals surface area contributed by atoms with E-state index in [1.165, 1.54) is 4.90 Å². The molecule has 1 fully saturated rings. The predicted octanol–water partition coefficient (Wildman–Crippen LogP) is 0.788. The molecule has 0 aliphatic carbocycles. The number of ether oxygens (including phenoxy) is 1. The summed E-state index contributed by atoms with van der Waals surface area (Å²) in [7, 11) is 1.56. The van der Waals surface area contributed by atoms with Crippen molar-refractivity contribution < 1.29 is 24.2 Å². The molecule has 1 aliphatic rings. The first-order valence-electron chi connectivity index (χ1n) is 6.81. The average molecular weight is 286 g/mol. The molecule has 0 aromatic carbocycles. The average Bonchev–Trinajstić information content (AvgIpc) is 2.38. The number of piperidine rings is 1. The number of carboxylic acids is 1. The second kappa shape index (κ2) is 7.72. The number of hydrogen-bond acceptors (Lipinski definition) is 4. The highest BCUT2D eigenvalue weighted by atomic mass is 16.5. The lowest BCUT2D eigenvalue weighted by molar-refractivity contribution is -0.143. The Morgan fingerprint density at radius 1 is 1.30 bits per heavy atom. The van der Waals surface area contributed by atoms with E-state index in [4.69, 9.17) is 9.84 Å². The molecule has 1 saturated heterocycles. The minimum absolute atomic E-state index is 0.0677. The zero-order valence-electron chi connectivity index (χ0n) is 12.0. The third-order valence-electron chi connectivity index (χ3n) is 3.35. The van der Waals surface area contributed by atoms with Gasteiger partial charge in [0.1, 0.15) is 6.54 Å². The highest BCUT2D eigenvalue weighted by Gasteiger charge is 2.26. The normalized spacial score (nSPS) is 15.8. The molecule has 0 aromatic rings. The van der Waals surface area contributed by atoms with Crippen molar-refractivity contribution in [3.05, 3.63) is 0 Å². The van der Waals surface area contributed by atoms with Crippen LogP contribution in [0.15, 0.2) is 0 Å². The number of esters is 1. The standard InChI is InChI=1S/C13H22N2O5/c1-3-20-12(18)9-14(2)13(19)15-6-4-10(5-7-15)8-11(16)17/h10H,3-9H2,1-2H3,(H,16,17). The molecule has 114 valence electrons. The molecule has 1 heterocycles. The summed E-state index contributed by atoms with van der Waals surface area (Å²) in [6, 6.07) is -0.216. The minimum atomic E-state index is -0.797. The van der Waals surface area contributed by atoms with Crippen LogP contribution >= 0.6 is 0 Å². The van der Waals surface area contributed by atoms with Crippen LogP contribution in [0.1, 0.15) is 26.2 Å². The van der Waals surface area contributed by atoms with Crippen molar-refractivity contribution >= 4 is 18.0 Å². The Morgan fingerprint density at radius 2 is 1.90 bits per heavy atom. The number of likely N-dealkylation sites (tertiary alicyclic amines) is 1. The summed E-state index contributed by atoms with van der Waals surface area (Å²) in [6.07, 6.45) is 1.53. The Labute approximate surface area is 118 Å². The van der Waals surface area contributed by atoms with Crippen molar-refractivity contribution in [1.29, 1.82) is 0 Å². The molecule has 20 heavy (non-hydrogen) atoms. The lowest BCUT2D eigenvalue weighted by Crippen LogP contribution is -2.47. The predicted molar refractivity (Wildman–Crippen MR) is 71.2 cm³/mol. The largest absolute Gasteiger partial charge is 0.481 e. The fraction of sp³-hybridized carbons (Fsp3) is 0.769. The molecule has 0 atom stereocenters. The van der Waals surface area contributed by atoms with E-state index in [2.05, 4.69) is 0 Å². The van der Waals surface area contributed by atoms with Crippen LogP contribution in [0.25, 0.3) is 0 Å². The van der Waals surface area contributed by atoms with Gasteiger partial charge in [-0.2, -0.15) is 0 Å². The number of carboxylic acid groups (broad SMARTS) is 1. The molecule has 0 aromatic heterocycles. The van der Waals surface area contributed by atoms with Gasteiger partial charge in [0.05, 0.1) is 6.61 Å². The van der Waals surface area contributed by atoms with Crippen molar-refractivity contribution in [2.45, 2.75) is 26.2 Å². The number of likely N-dealkylation sites (N-methyl/N-ethyl adjacent to an activating group) is 1. The number of urea groups is 1. The monoisotopic (exact) mass is 286 g/mol. The van der Waals surface area contributed by atoms with Crippen molar-refractivity contribution in [2.75, 3.05) is 33.3 Å². The van der Waals surface area contributed by atoms with E-state index in [0.29, 0.717) is 32.5 Å². The quantitative estimate of drug-likeness (QED) is 0.755. The highest BCUT2D eigenvalue weighted by molar-refractivity contribution is 5.80. The zero-order valence-corrected chi connectivity index (χ0v) is 12.0. The van der Waals surface area contributed by atoms with Crippen LogP contribution in [-0.2, 0) is 14.3 Å². The molecule has 0 spiro atoms. The Balaban J connectivity index is 2.38. The van der Waals surface area contributed by atoms with Gasteiger partial charge in [-0.1, -0.05) is 0 Å². The first-order valence-corrected chi connectivity index (χ1v) is 6.81. The molecule has 0 unspecified atom stereocenters. The first-order chi connectivity index (χ1) is 9.43. The van der Waals surface area contributed by atoms with E-state index in [0.717, 1.165) is 0 Å². The van der Waals surface area contributed by atoms with Crippen LogP contribution in [0.4, 0.5) is 4.79 Å². The maximum Gasteiger partial charge on any atom is 0.325 e. The number of hydrogen-bond donors (Lipinski definition) is 1. The molecule has 0 bridgehead atoms. The third-order valence-corrected chi connectivity index (χ3v) is 3.35. The summed E-state index contributed by atoms with van der Waals surface area (Å²) in [5.41, 5.74) is 0. The van der Waals surface area contributed by atoms with Crippen LogP contribution in [0.3, 0.4) is 0 Å². The Hall–Kier alpha value is -1.79. The number of aliphatic carboxylic acids is 1. The lowest BCUT2D eigenvalue weighted by Gasteiger charge is -2.33. The fourth-order valence-corrected chi connectivity index (χ4v) is 2.28. The van der Waals surface area contributed by atoms with E-state index < -0.39 is 11.9 Å². The number of carbonyl (C=O) groups is 3. The summed E-state index contributed by atoms with van der Waals surface area (Å²) in [4.78, 5) is 37.0. The van der Waals surface area contributed by atoms with Gasteiger partial charge in [0.15, 0.2) is 0 Å². The Kier molecular flexibility index (Phi) is 6.27. The third kappa shape index (κ3) is 5.07. The maximum absolute atomic E-state index is 12.1. The van der Waals surface area contributed by atoms with Crippen molar-refractivity contribution in [2.24, 2.45) is 5.92 Å². The number of nitrogens with zero attached hydrogens (tertiary/aromatic N) is 2. The van der Waals surface area contributed by atoms with Gasteiger partial charge in [-0.25, -0.2) is 4.79 Å². The van der Waals surface area contributed by atoms with Gasteiger partial charge in [0.25, 0.3) is 0 Å². The van der Waals surface area contributed by atoms with Gasteiger partial charge in [-0.15, -0.1) is 0 Å². The van der Waals surface area contributed by atoms with E-state index in [-0.39, 0.29) is 24.9 Å². The highest BCUT2D eigenvalue weighted by Crippen LogP contribution is 2.21. The topological polar surface area (TPSA) is 87.2 Å². The van der Waals surface area contributed by atoms with Crippen LogP contribution in [0, 0.1) is 5.92 Å². The molecular formula is C13H22N2O5. The molecule has 7 nitrogen and oxygen atoms in total. The van der Waals surface area contributed by atoms with Gasteiger partial charge in [-0.3, -0.25) is 9.59 Å². The lowest BCUT2D eigenvalue weighted by atomic mass is 9.94. The van der Waals surface area contributed by atoms with Gasteiger partial charge < -0.3 is 19.6 Å². The maximum atomic E-state index is 12.1. The summed E-state index contributed by atoms with van der Waals surface area (Å²) in [5, 5.41) is 8.74. The van der Waals surface area contributed by atoms with Crippen molar-refractivity contribution in [3.63, 3.8) is 0 Å². The Morgan fingerprint density at radius 3 is 2.40 bits per heavy atom. The summed E-state index contributed by atoms with van der Waals surface area (Å²) in [5.74, 6) is -1.09. The molecule has 1 N–H and O–H groups in total. The summed E-state index contributed by atoms with van der Waals surface area (Å²) < 4.78 is 4.79. The van der Waals surface area contributed by atoms with Crippen molar-refractivity contribution in [3.8, 4) is 0 Å². The van der Waals surface area contributed by atoms with Gasteiger partial charge in [-0.05, 0) is 25.7 Å². The molecule has 2 amide bonds. The molecular weight excluding hydrogens is 264 g/mol. The number of carbonyl (C=O) groups excluding carboxylic acids is 2. The van der Waals surface area contributed by atoms with Crippen LogP contribution in [0.2, 0.25) is 0 Å². The molecule has 0 saturated carbocycles. The second-order valence-corrected chi connectivity index (χ2v) is 4.97. The van der Waals surface area contributed by atoms with E-state index in [1.54, 1.807) is 18.9 Å². The van der Waals surface area contributed by atoms with Crippen LogP contribution in [-0.4, -0.2) is 66.2 Å². The van der Waals surface area contributed by atoms with Crippen molar-refractivity contribution in [1.82, 2.24) is 9.80 Å². The van der Waals surface area contributed by atoms with Crippen LogP contribution < -0.4 is 0 Å². The smallest absolute Gasteiger partial charge is 0.325 e. The SMILES string of the molecule is CCOC(=O)CN(C)C(=O)N1CCC(CC(=O)O)CC1. The van der Waals surface area contributed by atoms with Gasteiger partial charge in [0.2, 0.25) is 0 Å². The minimum Gasteiger partial charge on any atom is -0.481 e. The first kappa shape index (κ1) is 16.3. The molecule has 1 aliphatic heterocycles. The van der Waals surface area contributed by atoms with Gasteiger partial charge in [0, 0.05) is 26.6 Å².